The fourth-order valence-corrected chi connectivity index (χ4v) is 5.98. The molecule has 5 rings (SSSR count). The molecule has 1 aromatic heterocycles. The second-order valence-corrected chi connectivity index (χ2v) is 11.1. The molecule has 0 aliphatic carbocycles. The molecule has 3 aromatic carbocycles. The Labute approximate surface area is 235 Å². The third-order valence-corrected chi connectivity index (χ3v) is 8.23. The van der Waals surface area contributed by atoms with Crippen LogP contribution >= 0.6 is 23.5 Å². The van der Waals surface area contributed by atoms with E-state index in [0.29, 0.717) is 6.54 Å². The van der Waals surface area contributed by atoms with Crippen molar-refractivity contribution < 1.29 is 17.9 Å². The van der Waals surface area contributed by atoms with Gasteiger partial charge in [-0.15, -0.1) is 13.2 Å². The van der Waals surface area contributed by atoms with Crippen LogP contribution in [0.15, 0.2) is 77.8 Å². The van der Waals surface area contributed by atoms with Gasteiger partial charge in [0.2, 0.25) is 0 Å². The second-order valence-electron chi connectivity index (χ2n) is 9.52. The van der Waals surface area contributed by atoms with Crippen molar-refractivity contribution in [2.24, 2.45) is 5.73 Å². The topological polar surface area (TPSA) is 46.7 Å². The Morgan fingerprint density at radius 2 is 1.69 bits per heavy atom. The number of aromatic nitrogens is 1. The van der Waals surface area contributed by atoms with Crippen LogP contribution in [0.1, 0.15) is 12.0 Å². The maximum absolute atomic E-state index is 12.6. The maximum atomic E-state index is 12.6. The molecule has 0 saturated carbocycles. The number of rotatable bonds is 9. The third kappa shape index (κ3) is 7.10. The molecule has 1 fully saturated rings. The van der Waals surface area contributed by atoms with Crippen LogP contribution in [0.3, 0.4) is 0 Å². The minimum atomic E-state index is -4.72. The van der Waals surface area contributed by atoms with E-state index in [1.165, 1.54) is 12.1 Å². The highest BCUT2D eigenvalue weighted by atomic mass is 35.5. The van der Waals surface area contributed by atoms with Gasteiger partial charge in [-0.3, -0.25) is 4.90 Å². The van der Waals surface area contributed by atoms with Crippen LogP contribution in [0, 0.1) is 0 Å². The quantitative estimate of drug-likeness (QED) is 0.217. The van der Waals surface area contributed by atoms with Gasteiger partial charge in [0.15, 0.2) is 0 Å². The van der Waals surface area contributed by atoms with E-state index in [9.17, 15) is 13.2 Å². The fraction of sp³-hybridized carbons (Fsp3) is 0.310. The van der Waals surface area contributed by atoms with Gasteiger partial charge in [0.25, 0.3) is 0 Å². The molecule has 39 heavy (non-hydrogen) atoms. The molecule has 0 bridgehead atoms. The molecule has 206 valence electrons. The molecule has 4 aromatic rings. The Balaban J connectivity index is 1.32. The second kappa shape index (κ2) is 12.2. The first kappa shape index (κ1) is 27.9. The van der Waals surface area contributed by atoms with Crippen LogP contribution in [0.4, 0.5) is 13.2 Å². The number of halogens is 4. The van der Waals surface area contributed by atoms with E-state index >= 15 is 0 Å². The van der Waals surface area contributed by atoms with E-state index in [2.05, 4.69) is 49.0 Å². The van der Waals surface area contributed by atoms with Crippen molar-refractivity contribution in [3.63, 3.8) is 0 Å². The summed E-state index contributed by atoms with van der Waals surface area (Å²) < 4.78 is 46.4. The number of benzene rings is 3. The predicted molar refractivity (Wildman–Crippen MR) is 152 cm³/mol. The molecule has 10 heteroatoms. The molecular weight excluding hydrogens is 545 g/mol. The Hall–Kier alpha value is -2.69. The number of nitrogens with zero attached hydrogens (tertiary/aromatic N) is 3. The van der Waals surface area contributed by atoms with E-state index < -0.39 is 6.36 Å². The summed E-state index contributed by atoms with van der Waals surface area (Å²) >= 11 is 8.08. The van der Waals surface area contributed by atoms with E-state index in [1.54, 1.807) is 24.1 Å². The van der Waals surface area contributed by atoms with E-state index in [0.717, 1.165) is 83.2 Å². The van der Waals surface area contributed by atoms with Crippen LogP contribution in [0.5, 0.6) is 5.75 Å². The molecule has 2 N–H and O–H groups in total. The van der Waals surface area contributed by atoms with Crippen molar-refractivity contribution in [2.45, 2.75) is 30.8 Å². The van der Waals surface area contributed by atoms with Crippen molar-refractivity contribution in [3.05, 3.63) is 83.5 Å². The first-order valence-electron chi connectivity index (χ1n) is 12.9. The standard InChI is InChI=1S/C29H30ClF3N4OS/c30-27-5-2-1-4-22(27)19-35-14-16-37(17-15-35)39-24-10-11-28-25(18-24)26(20-36(28)13-3-12-34)21-6-8-23(9-7-21)38-29(31,32)33/h1-2,4-11,18,20H,3,12-17,19,34H2. The Morgan fingerprint density at radius 1 is 0.949 bits per heavy atom. The minimum Gasteiger partial charge on any atom is -0.406 e. The van der Waals surface area contributed by atoms with E-state index in [4.69, 9.17) is 17.3 Å². The SMILES string of the molecule is NCCCn1cc(-c2ccc(OC(F)(F)F)cc2)c2cc(SN3CCN(Cc4ccccc4Cl)CC3)ccc21. The summed E-state index contributed by atoms with van der Waals surface area (Å²) in [5.74, 6) is -0.233. The monoisotopic (exact) mass is 574 g/mol. The summed E-state index contributed by atoms with van der Waals surface area (Å²) in [7, 11) is 0. The molecule has 0 atom stereocenters. The van der Waals surface area contributed by atoms with Crippen LogP contribution < -0.4 is 10.5 Å². The molecule has 0 radical (unpaired) electrons. The molecular formula is C29H30ClF3N4OS. The number of piperazine rings is 1. The van der Waals surface area contributed by atoms with Crippen LogP contribution in [-0.2, 0) is 13.1 Å². The fourth-order valence-electron chi connectivity index (χ4n) is 4.84. The average molecular weight is 575 g/mol. The van der Waals surface area contributed by atoms with Gasteiger partial charge >= 0.3 is 6.36 Å². The molecule has 5 nitrogen and oxygen atoms in total. The van der Waals surface area contributed by atoms with Crippen LogP contribution in [-0.4, -0.2) is 52.9 Å². The summed E-state index contributed by atoms with van der Waals surface area (Å²) in [5, 5.41) is 1.86. The number of hydrogen-bond donors (Lipinski definition) is 1. The Morgan fingerprint density at radius 3 is 2.38 bits per heavy atom. The molecule has 0 amide bonds. The van der Waals surface area contributed by atoms with Gasteiger partial charge in [-0.25, -0.2) is 4.31 Å². The molecule has 0 unspecified atom stereocenters. The highest BCUT2D eigenvalue weighted by Crippen LogP contribution is 2.36. The number of ether oxygens (including phenoxy) is 1. The van der Waals surface area contributed by atoms with Gasteiger partial charge in [-0.1, -0.05) is 41.9 Å². The summed E-state index contributed by atoms with van der Waals surface area (Å²) in [6, 6.07) is 20.4. The zero-order chi connectivity index (χ0) is 27.4. The molecule has 0 spiro atoms. The van der Waals surface area contributed by atoms with Crippen LogP contribution in [0.25, 0.3) is 22.0 Å². The highest BCUT2D eigenvalue weighted by Gasteiger charge is 2.31. The van der Waals surface area contributed by atoms with Gasteiger partial charge in [-0.2, -0.15) is 0 Å². The van der Waals surface area contributed by atoms with Crippen molar-refractivity contribution >= 4 is 34.5 Å². The van der Waals surface area contributed by atoms with Gasteiger partial charge < -0.3 is 15.0 Å². The lowest BCUT2D eigenvalue weighted by Crippen LogP contribution is -2.42. The first-order valence-corrected chi connectivity index (χ1v) is 14.0. The van der Waals surface area contributed by atoms with E-state index in [-0.39, 0.29) is 5.75 Å². The lowest BCUT2D eigenvalue weighted by Gasteiger charge is -2.34. The minimum absolute atomic E-state index is 0.233. The van der Waals surface area contributed by atoms with Gasteiger partial charge in [0, 0.05) is 71.8 Å². The summed E-state index contributed by atoms with van der Waals surface area (Å²) in [5.41, 5.74) is 9.77. The van der Waals surface area contributed by atoms with Crippen molar-refractivity contribution in [1.82, 2.24) is 13.8 Å². The van der Waals surface area contributed by atoms with Gasteiger partial charge in [0.05, 0.1) is 0 Å². The zero-order valence-corrected chi connectivity index (χ0v) is 22.9. The smallest absolute Gasteiger partial charge is 0.406 e. The van der Waals surface area contributed by atoms with Crippen LogP contribution in [0.2, 0.25) is 5.02 Å². The summed E-state index contributed by atoms with van der Waals surface area (Å²) in [4.78, 5) is 3.54. The number of alkyl halides is 3. The zero-order valence-electron chi connectivity index (χ0n) is 21.3. The van der Waals surface area contributed by atoms with E-state index in [1.807, 2.05) is 18.2 Å². The Bertz CT molecular complexity index is 1400. The first-order chi connectivity index (χ1) is 18.8. The largest absolute Gasteiger partial charge is 0.573 e. The molecule has 1 aliphatic heterocycles. The average Bonchev–Trinajstić information content (AvgIpc) is 3.27. The molecule has 1 aliphatic rings. The third-order valence-electron chi connectivity index (χ3n) is 6.77. The molecule has 1 saturated heterocycles. The summed E-state index contributed by atoms with van der Waals surface area (Å²) in [6.07, 6.45) is -1.83. The Kier molecular flexibility index (Phi) is 8.73. The maximum Gasteiger partial charge on any atom is 0.573 e. The lowest BCUT2D eigenvalue weighted by molar-refractivity contribution is -0.274. The van der Waals surface area contributed by atoms with Gasteiger partial charge in [0.1, 0.15) is 5.75 Å². The number of aryl methyl sites for hydroxylation is 1. The summed E-state index contributed by atoms with van der Waals surface area (Å²) in [6.45, 7) is 5.95. The molecule has 2 heterocycles. The lowest BCUT2D eigenvalue weighted by atomic mass is 10.0. The highest BCUT2D eigenvalue weighted by molar-refractivity contribution is 7.97. The number of nitrogens with two attached hydrogens (primary N) is 1. The number of hydrogen-bond acceptors (Lipinski definition) is 5. The normalized spacial score (nSPS) is 15.2. The van der Waals surface area contributed by atoms with Gasteiger partial charge in [-0.05, 0) is 72.4 Å². The predicted octanol–water partition coefficient (Wildman–Crippen LogP) is 7.03. The number of fused-ring (bicyclic) bond motifs is 1. The van der Waals surface area contributed by atoms with Crippen molar-refractivity contribution in [1.29, 1.82) is 0 Å². The van der Waals surface area contributed by atoms with Crippen molar-refractivity contribution in [2.75, 3.05) is 32.7 Å². The van der Waals surface area contributed by atoms with Crippen molar-refractivity contribution in [3.8, 4) is 16.9 Å².